The van der Waals surface area contributed by atoms with Crippen molar-refractivity contribution in [3.05, 3.63) is 88.8 Å². The molecule has 0 spiro atoms. The van der Waals surface area contributed by atoms with Crippen molar-refractivity contribution in [3.8, 4) is 0 Å². The maximum absolute atomic E-state index is 13.5. The first kappa shape index (κ1) is 19.2. The fourth-order valence-electron chi connectivity index (χ4n) is 3.86. The number of alkyl halides is 1. The van der Waals surface area contributed by atoms with Gasteiger partial charge in [-0.15, -0.1) is 0 Å². The van der Waals surface area contributed by atoms with E-state index in [1.165, 1.54) is 6.08 Å². The summed E-state index contributed by atoms with van der Waals surface area (Å²) in [5, 5.41) is 9.28. The third-order valence-corrected chi connectivity index (χ3v) is 5.29. The highest BCUT2D eigenvalue weighted by Gasteiger charge is 2.31. The Bertz CT molecular complexity index is 1020. The number of dihydropyridines is 1. The van der Waals surface area contributed by atoms with Crippen LogP contribution in [0, 0.1) is 5.92 Å². The number of pyridine rings is 1. The number of carbonyl (C=O) groups excluding carboxylic acids is 1. The first-order valence-corrected chi connectivity index (χ1v) is 9.59. The van der Waals surface area contributed by atoms with Gasteiger partial charge in [-0.05, 0) is 53.0 Å². The van der Waals surface area contributed by atoms with Crippen molar-refractivity contribution in [3.63, 3.8) is 0 Å². The van der Waals surface area contributed by atoms with E-state index in [-0.39, 0.29) is 24.3 Å². The van der Waals surface area contributed by atoms with E-state index in [1.807, 2.05) is 24.3 Å². The average Bonchev–Trinajstić information content (AvgIpc) is 2.73. The summed E-state index contributed by atoms with van der Waals surface area (Å²) in [5.41, 5.74) is 10.3. The summed E-state index contributed by atoms with van der Waals surface area (Å²) in [7, 11) is 0. The molecule has 4 rings (SSSR count). The van der Waals surface area contributed by atoms with E-state index < -0.39 is 12.1 Å². The predicted molar refractivity (Wildman–Crippen MR) is 110 cm³/mol. The van der Waals surface area contributed by atoms with Gasteiger partial charge in [0.05, 0.1) is 18.3 Å². The number of aliphatic imine (C=N–C) groups is 1. The minimum absolute atomic E-state index is 0.0284. The van der Waals surface area contributed by atoms with Crippen molar-refractivity contribution in [1.29, 1.82) is 0 Å². The number of halogens is 1. The van der Waals surface area contributed by atoms with Gasteiger partial charge in [0.2, 0.25) is 0 Å². The summed E-state index contributed by atoms with van der Waals surface area (Å²) in [4.78, 5) is 20.5. The van der Waals surface area contributed by atoms with E-state index in [2.05, 4.69) is 22.1 Å². The van der Waals surface area contributed by atoms with Gasteiger partial charge in [-0.1, -0.05) is 30.4 Å². The first-order chi connectivity index (χ1) is 14.0. The molecular formula is C23H22FN3O2. The van der Waals surface area contributed by atoms with Crippen LogP contribution in [-0.4, -0.2) is 33.9 Å². The molecule has 29 heavy (non-hydrogen) atoms. The van der Waals surface area contributed by atoms with Crippen LogP contribution in [0.25, 0.3) is 0 Å². The number of hydrogen-bond acceptors (Lipinski definition) is 4. The fourth-order valence-corrected chi connectivity index (χ4v) is 3.86. The number of hydrogen-bond donors (Lipinski definition) is 2. The van der Waals surface area contributed by atoms with Gasteiger partial charge >= 0.3 is 0 Å². The zero-order chi connectivity index (χ0) is 20.4. The minimum Gasteiger partial charge on any atom is -0.390 e. The van der Waals surface area contributed by atoms with Gasteiger partial charge in [0.25, 0.3) is 5.91 Å². The Morgan fingerprint density at radius 1 is 1.31 bits per heavy atom. The Balaban J connectivity index is 1.62. The van der Waals surface area contributed by atoms with Crippen LogP contribution in [0.4, 0.5) is 4.39 Å². The van der Waals surface area contributed by atoms with E-state index >= 15 is 0 Å². The Kier molecular flexibility index (Phi) is 5.36. The number of aliphatic hydroxyl groups is 1. The molecule has 0 saturated carbocycles. The second-order valence-electron chi connectivity index (χ2n) is 7.36. The Morgan fingerprint density at radius 3 is 2.90 bits per heavy atom. The molecule has 3 N–H and O–H groups in total. The van der Waals surface area contributed by atoms with Gasteiger partial charge in [-0.2, -0.15) is 0 Å². The van der Waals surface area contributed by atoms with Crippen LogP contribution in [0.3, 0.4) is 0 Å². The molecule has 1 aromatic rings. The molecule has 148 valence electrons. The molecule has 3 unspecified atom stereocenters. The van der Waals surface area contributed by atoms with E-state index in [0.717, 1.165) is 22.3 Å². The highest BCUT2D eigenvalue weighted by atomic mass is 19.1. The van der Waals surface area contributed by atoms with Gasteiger partial charge in [-0.25, -0.2) is 4.39 Å². The maximum atomic E-state index is 13.5. The molecule has 1 aromatic heterocycles. The monoisotopic (exact) mass is 391 g/mol. The molecule has 3 aliphatic rings. The topological polar surface area (TPSA) is 88.6 Å². The zero-order valence-corrected chi connectivity index (χ0v) is 15.8. The molecule has 0 aromatic carbocycles. The number of fused-ring (bicyclic) bond motifs is 1. The molecule has 0 saturated heterocycles. The van der Waals surface area contributed by atoms with Crippen LogP contribution in [-0.2, 0) is 17.8 Å². The Morgan fingerprint density at radius 2 is 2.17 bits per heavy atom. The molecule has 1 aliphatic heterocycles. The summed E-state index contributed by atoms with van der Waals surface area (Å²) in [6.45, 7) is -0.101. The lowest BCUT2D eigenvalue weighted by atomic mass is 9.78. The number of carbonyl (C=O) groups is 1. The number of nitrogens with zero attached hydrogens (tertiary/aromatic N) is 2. The van der Waals surface area contributed by atoms with Gasteiger partial charge in [0.1, 0.15) is 11.9 Å². The van der Waals surface area contributed by atoms with Crippen LogP contribution in [0.5, 0.6) is 0 Å². The Hall–Kier alpha value is -3.12. The van der Waals surface area contributed by atoms with E-state index in [9.17, 15) is 14.3 Å². The minimum atomic E-state index is -0.972. The van der Waals surface area contributed by atoms with Crippen molar-refractivity contribution in [1.82, 2.24) is 4.98 Å². The molecular weight excluding hydrogens is 369 g/mol. The summed E-state index contributed by atoms with van der Waals surface area (Å²) < 4.78 is 13.5. The normalized spacial score (nSPS) is 25.5. The lowest BCUT2D eigenvalue weighted by molar-refractivity contribution is -0.111. The van der Waals surface area contributed by atoms with Crippen LogP contribution in [0.2, 0.25) is 0 Å². The largest absolute Gasteiger partial charge is 0.390 e. The lowest BCUT2D eigenvalue weighted by Gasteiger charge is -2.31. The highest BCUT2D eigenvalue weighted by Crippen LogP contribution is 2.36. The molecule has 5 nitrogen and oxygen atoms in total. The summed E-state index contributed by atoms with van der Waals surface area (Å²) in [5.74, 6) is -0.602. The smallest absolute Gasteiger partial charge is 0.266 e. The molecule has 1 amide bonds. The fraction of sp³-hybridized carbons (Fsp3) is 0.261. The molecule has 6 heteroatoms. The van der Waals surface area contributed by atoms with Crippen LogP contribution < -0.4 is 5.73 Å². The summed E-state index contributed by atoms with van der Waals surface area (Å²) in [6.07, 6.45) is 14.8. The van der Waals surface area contributed by atoms with Crippen LogP contribution in [0.1, 0.15) is 17.7 Å². The second kappa shape index (κ2) is 8.09. The van der Waals surface area contributed by atoms with Crippen molar-refractivity contribution in [2.45, 2.75) is 31.7 Å². The van der Waals surface area contributed by atoms with Crippen molar-refractivity contribution in [2.24, 2.45) is 16.6 Å². The molecule has 0 bridgehead atoms. The number of aromatic nitrogens is 1. The summed E-state index contributed by atoms with van der Waals surface area (Å²) in [6, 6.07) is 3.54. The van der Waals surface area contributed by atoms with Crippen molar-refractivity contribution in [2.75, 3.05) is 0 Å². The number of aliphatic hydroxyl groups excluding tert-OH is 1. The Labute approximate surface area is 168 Å². The lowest BCUT2D eigenvalue weighted by Crippen LogP contribution is -2.32. The predicted octanol–water partition coefficient (Wildman–Crippen LogP) is 2.69. The standard InChI is InChI=1S/C23H22FN3O2/c24-17-4-2-16(3-5-17)20-12-22(23(25)29)27-21-11-14(1-6-19(20)21)9-15-7-8-26-18(10-15)13-28/h1-4,6-8,10-12,17,19,21,28H,5,9,13H2,(H2,25,29). The highest BCUT2D eigenvalue weighted by molar-refractivity contribution is 6.43. The third-order valence-electron chi connectivity index (χ3n) is 5.29. The average molecular weight is 391 g/mol. The van der Waals surface area contributed by atoms with Crippen molar-refractivity contribution < 1.29 is 14.3 Å². The van der Waals surface area contributed by atoms with Gasteiger partial charge in [0.15, 0.2) is 0 Å². The SMILES string of the molecule is NC(=O)C1=NC2C=C(Cc3ccnc(CO)c3)C=CC2C(C2=CCC(F)C=C2)=C1. The first-order valence-electron chi connectivity index (χ1n) is 9.59. The quantitative estimate of drug-likeness (QED) is 0.809. The number of amides is 1. The number of nitrogens with two attached hydrogens (primary N) is 1. The number of primary amides is 1. The molecule has 2 aliphatic carbocycles. The van der Waals surface area contributed by atoms with Crippen LogP contribution >= 0.6 is 0 Å². The molecule has 3 atom stereocenters. The third kappa shape index (κ3) is 4.17. The van der Waals surface area contributed by atoms with E-state index in [4.69, 9.17) is 5.73 Å². The summed E-state index contributed by atoms with van der Waals surface area (Å²) >= 11 is 0. The van der Waals surface area contributed by atoms with E-state index in [1.54, 1.807) is 18.3 Å². The van der Waals surface area contributed by atoms with Gasteiger partial charge < -0.3 is 10.8 Å². The molecule has 0 fully saturated rings. The van der Waals surface area contributed by atoms with Crippen molar-refractivity contribution >= 4 is 11.6 Å². The van der Waals surface area contributed by atoms with E-state index in [0.29, 0.717) is 18.5 Å². The second-order valence-corrected chi connectivity index (χ2v) is 7.36. The zero-order valence-electron chi connectivity index (χ0n) is 15.8. The van der Waals surface area contributed by atoms with Gasteiger partial charge in [-0.3, -0.25) is 14.8 Å². The maximum Gasteiger partial charge on any atom is 0.266 e. The molecule has 2 heterocycles. The number of allylic oxidation sites excluding steroid dienone is 6. The number of rotatable bonds is 5. The van der Waals surface area contributed by atoms with Gasteiger partial charge in [0, 0.05) is 18.5 Å². The van der Waals surface area contributed by atoms with Crippen LogP contribution in [0.15, 0.2) is 82.6 Å². The molecule has 0 radical (unpaired) electrons.